The molecule has 0 aliphatic carbocycles. The minimum Gasteiger partial charge on any atom is -0.352 e. The Bertz CT molecular complexity index is 1380. The second-order valence-corrected chi connectivity index (χ2v) is 17.9. The first kappa shape index (κ1) is 33.0. The van der Waals surface area contributed by atoms with Crippen molar-refractivity contribution in [1.29, 1.82) is 0 Å². The van der Waals surface area contributed by atoms with Crippen LogP contribution in [0.25, 0.3) is 0 Å². The van der Waals surface area contributed by atoms with Crippen molar-refractivity contribution in [3.63, 3.8) is 0 Å². The van der Waals surface area contributed by atoms with E-state index in [1.165, 1.54) is 6.04 Å². The Balaban J connectivity index is 1.57. The fourth-order valence-corrected chi connectivity index (χ4v) is 9.31. The summed E-state index contributed by atoms with van der Waals surface area (Å²) in [5, 5.41) is 9.26. The lowest BCUT2D eigenvalue weighted by molar-refractivity contribution is 0.0954. The summed E-state index contributed by atoms with van der Waals surface area (Å²) in [6, 6.07) is 24.0. The van der Waals surface area contributed by atoms with Gasteiger partial charge in [0.1, 0.15) is 0 Å². The Hall–Kier alpha value is -3.55. The van der Waals surface area contributed by atoms with Crippen LogP contribution in [-0.4, -0.2) is 45.8 Å². The van der Waals surface area contributed by atoms with Gasteiger partial charge in [-0.25, -0.2) is 0 Å². The average molecular weight is 586 g/mol. The Morgan fingerprint density at radius 1 is 0.786 bits per heavy atom. The van der Waals surface area contributed by atoms with Crippen molar-refractivity contribution in [2.24, 2.45) is 5.41 Å². The molecule has 224 valence electrons. The molecule has 0 saturated carbocycles. The zero-order valence-electron chi connectivity index (χ0n) is 26.1. The van der Waals surface area contributed by atoms with Crippen LogP contribution in [0.4, 0.5) is 5.69 Å². The lowest BCUT2D eigenvalue weighted by atomic mass is 9.92. The molecule has 0 atom stereocenters. The molecule has 0 saturated heterocycles. The molecule has 2 amide bonds. The van der Waals surface area contributed by atoms with Crippen LogP contribution in [0.3, 0.4) is 0 Å². The smallest absolute Gasteiger partial charge is 0.255 e. The van der Waals surface area contributed by atoms with Gasteiger partial charge in [-0.05, 0) is 85.4 Å². The van der Waals surface area contributed by atoms with E-state index >= 15 is 0 Å². The summed E-state index contributed by atoms with van der Waals surface area (Å²) in [7, 11) is 0.500. The molecule has 0 aliphatic heterocycles. The third kappa shape index (κ3) is 10.4. The molecule has 0 radical (unpaired) electrons. The van der Waals surface area contributed by atoms with Crippen LogP contribution in [0.5, 0.6) is 0 Å². The van der Waals surface area contributed by atoms with Gasteiger partial charge in [-0.3, -0.25) is 14.4 Å². The third-order valence-corrected chi connectivity index (χ3v) is 11.2. The van der Waals surface area contributed by atoms with Crippen LogP contribution in [0, 0.1) is 5.41 Å². The number of anilines is 1. The molecule has 3 aromatic rings. The largest absolute Gasteiger partial charge is 0.352 e. The quantitative estimate of drug-likeness (QED) is 0.132. The van der Waals surface area contributed by atoms with Crippen molar-refractivity contribution >= 4 is 31.4 Å². The van der Waals surface area contributed by atoms with E-state index in [4.69, 9.17) is 0 Å². The second-order valence-electron chi connectivity index (χ2n) is 12.8. The van der Waals surface area contributed by atoms with Crippen molar-refractivity contribution in [2.75, 3.05) is 25.5 Å². The first-order valence-electron chi connectivity index (χ1n) is 15.0. The normalized spacial score (nSPS) is 11.7. The zero-order valence-corrected chi connectivity index (χ0v) is 27.1. The third-order valence-electron chi connectivity index (χ3n) is 7.69. The van der Waals surface area contributed by atoms with Crippen molar-refractivity contribution in [2.45, 2.75) is 65.2 Å². The van der Waals surface area contributed by atoms with E-state index < -0.39 is 8.07 Å². The highest BCUT2D eigenvalue weighted by molar-refractivity contribution is 6.77. The van der Waals surface area contributed by atoms with Crippen LogP contribution in [0.15, 0.2) is 72.8 Å². The van der Waals surface area contributed by atoms with E-state index in [1.807, 2.05) is 49.5 Å². The second kappa shape index (κ2) is 15.1. The Kier molecular flexibility index (Phi) is 11.8. The fourth-order valence-electron chi connectivity index (χ4n) is 5.57. The predicted octanol–water partition coefficient (Wildman–Crippen LogP) is 7.00. The van der Waals surface area contributed by atoms with Gasteiger partial charge in [-0.1, -0.05) is 76.3 Å². The van der Waals surface area contributed by atoms with Gasteiger partial charge < -0.3 is 16.0 Å². The Labute approximate surface area is 252 Å². The van der Waals surface area contributed by atoms with Gasteiger partial charge >= 0.3 is 0 Å². The molecule has 0 heterocycles. The predicted molar refractivity (Wildman–Crippen MR) is 176 cm³/mol. The fraction of sp³-hybridized carbons (Fsp3) is 0.400. The molecule has 3 N–H and O–H groups in total. The van der Waals surface area contributed by atoms with Crippen LogP contribution >= 0.6 is 0 Å². The molecule has 3 rings (SSSR count). The van der Waals surface area contributed by atoms with Crippen LogP contribution in [0.2, 0.25) is 25.2 Å². The van der Waals surface area contributed by atoms with Crippen molar-refractivity contribution in [1.82, 2.24) is 10.6 Å². The van der Waals surface area contributed by atoms with Crippen LogP contribution < -0.4 is 16.0 Å². The van der Waals surface area contributed by atoms with E-state index in [2.05, 4.69) is 49.8 Å². The highest BCUT2D eigenvalue weighted by atomic mass is 28.3. The number of Topliss-reactive ketones (excluding diaryl/α,β-unsaturated/α-hetero) is 1. The van der Waals surface area contributed by atoms with Gasteiger partial charge in [0.05, 0.1) is 0 Å². The Morgan fingerprint density at radius 2 is 1.43 bits per heavy atom. The number of rotatable bonds is 15. The molecule has 0 spiro atoms. The SMILES string of the molecule is CCc1cccc(C(=O)Nc2cccc(CC(=O)c3cccc(C(=O)NCC[Si](C)(C)CC(C)(C)CCNC)c3)c2)c1. The Morgan fingerprint density at radius 3 is 2.14 bits per heavy atom. The molecule has 0 aliphatic rings. The number of benzene rings is 3. The topological polar surface area (TPSA) is 87.3 Å². The molecule has 0 aromatic heterocycles. The number of aryl methyl sites for hydroxylation is 1. The molecule has 0 bridgehead atoms. The maximum atomic E-state index is 13.1. The standard InChI is InChI=1S/C35H47N3O3Si/c1-7-26-11-8-14-29(21-26)34(41)38-31-16-9-12-27(22-31)23-32(39)28-13-10-15-30(24-28)33(40)37-19-20-42(5,6)25-35(2,3)17-18-36-4/h8-16,21-22,24,36H,7,17-20,23,25H2,1-6H3,(H,37,40)(H,38,41). The zero-order chi connectivity index (χ0) is 30.8. The number of hydrogen-bond acceptors (Lipinski definition) is 4. The van der Waals surface area contributed by atoms with Gasteiger partial charge in [-0.15, -0.1) is 0 Å². The lowest BCUT2D eigenvalue weighted by Gasteiger charge is -2.34. The summed E-state index contributed by atoms with van der Waals surface area (Å²) >= 11 is 0. The van der Waals surface area contributed by atoms with E-state index in [0.717, 1.165) is 36.6 Å². The summed E-state index contributed by atoms with van der Waals surface area (Å²) in [5.41, 5.74) is 4.40. The van der Waals surface area contributed by atoms with E-state index in [1.54, 1.807) is 30.3 Å². The maximum Gasteiger partial charge on any atom is 0.255 e. The van der Waals surface area contributed by atoms with Crippen molar-refractivity contribution < 1.29 is 14.4 Å². The molecular formula is C35H47N3O3Si. The molecular weight excluding hydrogens is 538 g/mol. The van der Waals surface area contributed by atoms with Gasteiger partial charge in [0.2, 0.25) is 0 Å². The molecule has 7 heteroatoms. The summed E-state index contributed by atoms with van der Waals surface area (Å²) < 4.78 is 0. The number of ketones is 1. The molecule has 6 nitrogen and oxygen atoms in total. The molecule has 0 unspecified atom stereocenters. The number of hydrogen-bond donors (Lipinski definition) is 3. The molecule has 0 fully saturated rings. The minimum absolute atomic E-state index is 0.0823. The summed E-state index contributed by atoms with van der Waals surface area (Å²) in [5.74, 6) is -0.419. The maximum absolute atomic E-state index is 13.1. The molecule has 3 aromatic carbocycles. The van der Waals surface area contributed by atoms with E-state index in [9.17, 15) is 14.4 Å². The monoisotopic (exact) mass is 585 g/mol. The van der Waals surface area contributed by atoms with Crippen molar-refractivity contribution in [3.8, 4) is 0 Å². The average Bonchev–Trinajstić information content (AvgIpc) is 2.95. The van der Waals surface area contributed by atoms with E-state index in [-0.39, 0.29) is 29.4 Å². The highest BCUT2D eigenvalue weighted by Crippen LogP contribution is 2.33. The number of amides is 2. The number of carbonyl (C=O) groups excluding carboxylic acids is 3. The summed E-state index contributed by atoms with van der Waals surface area (Å²) in [6.45, 7) is 13.2. The van der Waals surface area contributed by atoms with Crippen LogP contribution in [-0.2, 0) is 12.8 Å². The van der Waals surface area contributed by atoms with Crippen LogP contribution in [0.1, 0.15) is 69.4 Å². The number of nitrogens with one attached hydrogen (secondary N) is 3. The van der Waals surface area contributed by atoms with Gasteiger partial charge in [0.15, 0.2) is 5.78 Å². The van der Waals surface area contributed by atoms with Gasteiger partial charge in [-0.2, -0.15) is 0 Å². The van der Waals surface area contributed by atoms with Crippen molar-refractivity contribution in [3.05, 3.63) is 101 Å². The number of carbonyl (C=O) groups is 3. The first-order valence-corrected chi connectivity index (χ1v) is 18.4. The van der Waals surface area contributed by atoms with Gasteiger partial charge in [0.25, 0.3) is 11.8 Å². The lowest BCUT2D eigenvalue weighted by Crippen LogP contribution is -2.37. The van der Waals surface area contributed by atoms with E-state index in [0.29, 0.717) is 28.9 Å². The minimum atomic E-state index is -1.49. The summed E-state index contributed by atoms with van der Waals surface area (Å²) in [4.78, 5) is 38.8. The highest BCUT2D eigenvalue weighted by Gasteiger charge is 2.30. The summed E-state index contributed by atoms with van der Waals surface area (Å²) in [6.07, 6.45) is 2.17. The first-order chi connectivity index (χ1) is 19.9. The molecule has 42 heavy (non-hydrogen) atoms. The van der Waals surface area contributed by atoms with Gasteiger partial charge in [0, 0.05) is 43.4 Å².